The minimum absolute atomic E-state index is 0.787. The van der Waals surface area contributed by atoms with Crippen molar-refractivity contribution in [3.05, 3.63) is 0 Å². The Morgan fingerprint density at radius 1 is 1.12 bits per heavy atom. The summed E-state index contributed by atoms with van der Waals surface area (Å²) in [6.07, 6.45) is 9.91. The third kappa shape index (κ3) is 2.98. The minimum Gasteiger partial charge on any atom is -0.317 e. The van der Waals surface area contributed by atoms with Crippen LogP contribution in [-0.4, -0.2) is 37.1 Å². The average Bonchev–Trinajstić information content (AvgIpc) is 2.67. The molecule has 2 fully saturated rings. The smallest absolute Gasteiger partial charge is 0.0111 e. The van der Waals surface area contributed by atoms with Crippen LogP contribution < -0.4 is 5.32 Å². The number of nitrogens with one attached hydrogen (secondary N) is 1. The second-order valence-electron chi connectivity index (χ2n) is 5.69. The molecule has 3 unspecified atom stereocenters. The maximum atomic E-state index is 3.44. The number of hydrogen-bond donors (Lipinski definition) is 1. The van der Waals surface area contributed by atoms with Crippen molar-refractivity contribution in [1.82, 2.24) is 10.2 Å². The maximum Gasteiger partial charge on any atom is 0.0111 e. The van der Waals surface area contributed by atoms with Crippen LogP contribution in [0.25, 0.3) is 0 Å². The van der Waals surface area contributed by atoms with Gasteiger partial charge in [0, 0.05) is 12.1 Å². The van der Waals surface area contributed by atoms with E-state index in [4.69, 9.17) is 0 Å². The number of nitrogens with zero attached hydrogens (tertiary/aromatic N) is 1. The normalized spacial score (nSPS) is 37.5. The summed E-state index contributed by atoms with van der Waals surface area (Å²) < 4.78 is 0. The van der Waals surface area contributed by atoms with Gasteiger partial charge in [0.1, 0.15) is 0 Å². The maximum absolute atomic E-state index is 3.44. The molecule has 1 aliphatic heterocycles. The highest BCUT2D eigenvalue weighted by Crippen LogP contribution is 2.28. The van der Waals surface area contributed by atoms with Crippen LogP contribution in [-0.2, 0) is 0 Å². The quantitative estimate of drug-likeness (QED) is 0.793. The molecular formula is C14H28N2. The molecule has 16 heavy (non-hydrogen) atoms. The second-order valence-corrected chi connectivity index (χ2v) is 5.69. The van der Waals surface area contributed by atoms with Gasteiger partial charge in [0.05, 0.1) is 0 Å². The Labute approximate surface area is 101 Å². The van der Waals surface area contributed by atoms with E-state index in [1.165, 1.54) is 58.0 Å². The lowest BCUT2D eigenvalue weighted by atomic mass is 9.98. The zero-order chi connectivity index (χ0) is 11.4. The fourth-order valence-electron chi connectivity index (χ4n) is 3.51. The first kappa shape index (κ1) is 12.4. The lowest BCUT2D eigenvalue weighted by Gasteiger charge is -2.27. The molecule has 1 N–H and O–H groups in total. The van der Waals surface area contributed by atoms with E-state index in [0.29, 0.717) is 0 Å². The van der Waals surface area contributed by atoms with E-state index in [-0.39, 0.29) is 0 Å². The van der Waals surface area contributed by atoms with Gasteiger partial charge in [-0.1, -0.05) is 13.3 Å². The largest absolute Gasteiger partial charge is 0.317 e. The van der Waals surface area contributed by atoms with Crippen molar-refractivity contribution in [3.63, 3.8) is 0 Å². The molecule has 1 saturated carbocycles. The molecule has 1 aliphatic carbocycles. The summed E-state index contributed by atoms with van der Waals surface area (Å²) in [6, 6.07) is 1.67. The van der Waals surface area contributed by atoms with Crippen LogP contribution in [0.1, 0.15) is 51.9 Å². The Balaban J connectivity index is 1.81. The summed E-state index contributed by atoms with van der Waals surface area (Å²) in [4.78, 5) is 2.78. The topological polar surface area (TPSA) is 15.3 Å². The van der Waals surface area contributed by atoms with Crippen molar-refractivity contribution < 1.29 is 0 Å². The molecule has 1 saturated heterocycles. The summed E-state index contributed by atoms with van der Waals surface area (Å²) in [6.45, 7) is 5.07. The summed E-state index contributed by atoms with van der Waals surface area (Å²) in [7, 11) is 2.11. The highest BCUT2D eigenvalue weighted by Gasteiger charge is 2.29. The molecular weight excluding hydrogens is 196 g/mol. The van der Waals surface area contributed by atoms with Gasteiger partial charge in [-0.3, -0.25) is 0 Å². The molecule has 0 radical (unpaired) electrons. The van der Waals surface area contributed by atoms with Gasteiger partial charge in [0.25, 0.3) is 0 Å². The Morgan fingerprint density at radius 2 is 2.00 bits per heavy atom. The number of hydrogen-bond acceptors (Lipinski definition) is 2. The van der Waals surface area contributed by atoms with Crippen molar-refractivity contribution >= 4 is 0 Å². The van der Waals surface area contributed by atoms with Gasteiger partial charge in [0.15, 0.2) is 0 Å². The Bertz CT molecular complexity index is 205. The molecule has 2 aliphatic rings. The second kappa shape index (κ2) is 6.02. The van der Waals surface area contributed by atoms with Gasteiger partial charge in [-0.15, -0.1) is 0 Å². The van der Waals surface area contributed by atoms with E-state index < -0.39 is 0 Å². The summed E-state index contributed by atoms with van der Waals surface area (Å²) in [5.41, 5.74) is 0. The van der Waals surface area contributed by atoms with Gasteiger partial charge in [0.2, 0.25) is 0 Å². The molecule has 3 atom stereocenters. The van der Waals surface area contributed by atoms with Gasteiger partial charge >= 0.3 is 0 Å². The molecule has 0 bridgehead atoms. The van der Waals surface area contributed by atoms with Gasteiger partial charge in [-0.05, 0) is 64.6 Å². The van der Waals surface area contributed by atoms with Crippen LogP contribution in [0.5, 0.6) is 0 Å². The standard InChI is InChI=1S/C14H28N2/c1-3-12-5-4-9-16(10-8-12)14-7-6-13(11-14)15-2/h12-15H,3-11H2,1-2H3. The lowest BCUT2D eigenvalue weighted by molar-refractivity contribution is 0.201. The predicted molar refractivity (Wildman–Crippen MR) is 69.7 cm³/mol. The average molecular weight is 224 g/mol. The Kier molecular flexibility index (Phi) is 4.66. The molecule has 1 heterocycles. The van der Waals surface area contributed by atoms with Gasteiger partial charge < -0.3 is 10.2 Å². The molecule has 2 rings (SSSR count). The molecule has 0 aromatic heterocycles. The van der Waals surface area contributed by atoms with E-state index >= 15 is 0 Å². The SMILES string of the molecule is CCC1CCCN(C2CCC(NC)C2)CC1. The molecule has 2 nitrogen and oxygen atoms in total. The van der Waals surface area contributed by atoms with Crippen LogP contribution in [0.15, 0.2) is 0 Å². The van der Waals surface area contributed by atoms with Crippen LogP contribution >= 0.6 is 0 Å². The van der Waals surface area contributed by atoms with Gasteiger partial charge in [-0.2, -0.15) is 0 Å². The van der Waals surface area contributed by atoms with Crippen LogP contribution in [0.3, 0.4) is 0 Å². The zero-order valence-corrected chi connectivity index (χ0v) is 11.0. The molecule has 0 aromatic carbocycles. The number of likely N-dealkylation sites (tertiary alicyclic amines) is 1. The third-order valence-corrected chi connectivity index (χ3v) is 4.79. The number of rotatable bonds is 3. The highest BCUT2D eigenvalue weighted by molar-refractivity contribution is 4.87. The van der Waals surface area contributed by atoms with Crippen LogP contribution in [0.4, 0.5) is 0 Å². The third-order valence-electron chi connectivity index (χ3n) is 4.79. The van der Waals surface area contributed by atoms with Crippen LogP contribution in [0.2, 0.25) is 0 Å². The fraction of sp³-hybridized carbons (Fsp3) is 1.00. The van der Waals surface area contributed by atoms with Crippen LogP contribution in [0, 0.1) is 5.92 Å². The minimum atomic E-state index is 0.787. The van der Waals surface area contributed by atoms with Crippen molar-refractivity contribution in [2.45, 2.75) is 64.0 Å². The van der Waals surface area contributed by atoms with E-state index in [1.54, 1.807) is 0 Å². The molecule has 0 aromatic rings. The summed E-state index contributed by atoms with van der Waals surface area (Å²) in [5, 5.41) is 3.44. The predicted octanol–water partition coefficient (Wildman–Crippen LogP) is 2.64. The van der Waals surface area contributed by atoms with E-state index in [9.17, 15) is 0 Å². The van der Waals surface area contributed by atoms with Gasteiger partial charge in [-0.25, -0.2) is 0 Å². The summed E-state index contributed by atoms with van der Waals surface area (Å²) >= 11 is 0. The van der Waals surface area contributed by atoms with Crippen molar-refractivity contribution in [2.24, 2.45) is 5.92 Å². The Morgan fingerprint density at radius 3 is 2.69 bits per heavy atom. The highest BCUT2D eigenvalue weighted by atomic mass is 15.2. The van der Waals surface area contributed by atoms with Crippen molar-refractivity contribution in [1.29, 1.82) is 0 Å². The monoisotopic (exact) mass is 224 g/mol. The molecule has 94 valence electrons. The van der Waals surface area contributed by atoms with E-state index in [0.717, 1.165) is 18.0 Å². The zero-order valence-electron chi connectivity index (χ0n) is 11.0. The van der Waals surface area contributed by atoms with E-state index in [1.807, 2.05) is 0 Å². The summed E-state index contributed by atoms with van der Waals surface area (Å²) in [5.74, 6) is 1.01. The lowest BCUT2D eigenvalue weighted by Crippen LogP contribution is -2.35. The first-order valence-corrected chi connectivity index (χ1v) is 7.24. The van der Waals surface area contributed by atoms with Crippen molar-refractivity contribution in [3.8, 4) is 0 Å². The fourth-order valence-corrected chi connectivity index (χ4v) is 3.51. The molecule has 2 heteroatoms. The first-order valence-electron chi connectivity index (χ1n) is 7.24. The molecule has 0 amide bonds. The Hall–Kier alpha value is -0.0800. The van der Waals surface area contributed by atoms with E-state index in [2.05, 4.69) is 24.2 Å². The molecule has 0 spiro atoms. The first-order chi connectivity index (χ1) is 7.83. The van der Waals surface area contributed by atoms with Crippen molar-refractivity contribution in [2.75, 3.05) is 20.1 Å².